The highest BCUT2D eigenvalue weighted by Crippen LogP contribution is 2.55. The number of aromatic nitrogens is 4. The van der Waals surface area contributed by atoms with E-state index in [2.05, 4.69) is 80.8 Å². The van der Waals surface area contributed by atoms with Crippen LogP contribution >= 0.6 is 0 Å². The van der Waals surface area contributed by atoms with Crippen LogP contribution < -0.4 is 9.80 Å². The fourth-order valence-electron chi connectivity index (χ4n) is 5.55. The van der Waals surface area contributed by atoms with E-state index in [1.165, 1.54) is 33.4 Å². The maximum atomic E-state index is 8.03. The summed E-state index contributed by atoms with van der Waals surface area (Å²) in [7, 11) is 0. The molecule has 0 fully saturated rings. The number of fused-ring (bicyclic) bond motifs is 4. The molecule has 0 spiro atoms. The molecule has 1 aliphatic heterocycles. The monoisotopic (exact) mass is 445 g/mol. The van der Waals surface area contributed by atoms with Crippen LogP contribution in [0.4, 0.5) is 17.3 Å². The second-order valence-corrected chi connectivity index (χ2v) is 8.56. The third kappa shape index (κ3) is 2.42. The molecule has 0 saturated heterocycles. The van der Waals surface area contributed by atoms with E-state index in [-0.39, 0.29) is 6.67 Å². The van der Waals surface area contributed by atoms with Crippen molar-refractivity contribution in [3.63, 3.8) is 0 Å². The van der Waals surface area contributed by atoms with E-state index >= 15 is 0 Å². The van der Waals surface area contributed by atoms with Gasteiger partial charge in [-0.25, -0.2) is 9.97 Å². The van der Waals surface area contributed by atoms with Crippen LogP contribution in [-0.2, 0) is 5.41 Å². The minimum atomic E-state index is -2.34. The van der Waals surface area contributed by atoms with Gasteiger partial charge in [-0.2, -0.15) is 5.10 Å². The third-order valence-corrected chi connectivity index (χ3v) is 6.90. The summed E-state index contributed by atoms with van der Waals surface area (Å²) in [5, 5.41) is 7.59. The van der Waals surface area contributed by atoms with Crippen LogP contribution in [0.3, 0.4) is 0 Å². The molecule has 2 aliphatic rings. The van der Waals surface area contributed by atoms with Crippen LogP contribution in [0, 0.1) is 0 Å². The fraction of sp³-hybridized carbons (Fsp3) is 0.107. The first-order chi connectivity index (χ1) is 18.0. The van der Waals surface area contributed by atoms with Gasteiger partial charge in [0.15, 0.2) is 11.6 Å². The van der Waals surface area contributed by atoms with E-state index in [1.807, 2.05) is 23.1 Å². The minimum Gasteiger partial charge on any atom is -0.338 e. The highest BCUT2D eigenvalue weighted by atomic mass is 15.4. The Kier molecular flexibility index (Phi) is 3.35. The van der Waals surface area contributed by atoms with Gasteiger partial charge in [-0.1, -0.05) is 60.7 Å². The summed E-state index contributed by atoms with van der Waals surface area (Å²) in [6, 6.07) is 27.2. The Labute approximate surface area is 201 Å². The van der Waals surface area contributed by atoms with Gasteiger partial charge in [0.1, 0.15) is 0 Å². The molecule has 0 bridgehead atoms. The number of rotatable bonds is 3. The number of nitrogens with zero attached hydrogens (tertiary/aromatic N) is 5. The number of aromatic amines is 1. The molecular weight excluding hydrogens is 420 g/mol. The average molecular weight is 446 g/mol. The lowest BCUT2D eigenvalue weighted by Crippen LogP contribution is -2.30. The van der Waals surface area contributed by atoms with E-state index in [4.69, 9.17) is 4.11 Å². The molecule has 7 rings (SSSR count). The Morgan fingerprint density at radius 1 is 0.824 bits per heavy atom. The highest BCUT2D eigenvalue weighted by molar-refractivity contribution is 5.86. The van der Waals surface area contributed by atoms with Crippen molar-refractivity contribution < 1.29 is 4.11 Å². The van der Waals surface area contributed by atoms with Crippen LogP contribution in [0.15, 0.2) is 97.5 Å². The number of H-pyrrole nitrogens is 1. The van der Waals surface area contributed by atoms with Gasteiger partial charge in [0.2, 0.25) is 0 Å². The Bertz CT molecular complexity index is 1580. The van der Waals surface area contributed by atoms with Gasteiger partial charge in [0.25, 0.3) is 0 Å². The van der Waals surface area contributed by atoms with Gasteiger partial charge in [0, 0.05) is 35.4 Å². The van der Waals surface area contributed by atoms with Crippen LogP contribution in [0.5, 0.6) is 0 Å². The predicted octanol–water partition coefficient (Wildman–Crippen LogP) is 5.11. The van der Waals surface area contributed by atoms with Crippen molar-refractivity contribution in [2.45, 2.75) is 5.41 Å². The molecule has 0 radical (unpaired) electrons. The van der Waals surface area contributed by atoms with E-state index < -0.39 is 12.4 Å². The van der Waals surface area contributed by atoms with Gasteiger partial charge in [-0.3, -0.25) is 5.10 Å². The average Bonchev–Trinajstić information content (AvgIpc) is 3.64. The number of nitrogens with one attached hydrogen (secondary N) is 1. The van der Waals surface area contributed by atoms with E-state index in [9.17, 15) is 0 Å². The van der Waals surface area contributed by atoms with Crippen molar-refractivity contribution >= 4 is 17.3 Å². The number of hydrogen-bond donors (Lipinski definition) is 1. The fourth-order valence-corrected chi connectivity index (χ4v) is 5.55. The molecule has 3 heterocycles. The third-order valence-electron chi connectivity index (χ3n) is 6.90. The van der Waals surface area contributed by atoms with Crippen molar-refractivity contribution in [2.75, 3.05) is 23.4 Å². The topological polar surface area (TPSA) is 60.9 Å². The van der Waals surface area contributed by atoms with Crippen molar-refractivity contribution in [1.29, 1.82) is 0 Å². The maximum Gasteiger partial charge on any atom is 0.178 e. The molecule has 3 aromatic carbocycles. The molecule has 34 heavy (non-hydrogen) atoms. The molecule has 6 nitrogen and oxygen atoms in total. The largest absolute Gasteiger partial charge is 0.338 e. The summed E-state index contributed by atoms with van der Waals surface area (Å²) >= 11 is 0. The Balaban J connectivity index is 1.46. The molecule has 0 amide bonds. The molecule has 6 heteroatoms. The first kappa shape index (κ1) is 16.2. The summed E-state index contributed by atoms with van der Waals surface area (Å²) in [4.78, 5) is 12.1. The van der Waals surface area contributed by atoms with Gasteiger partial charge < -0.3 is 9.80 Å². The standard InChI is InChI=1S/C28H22N6/c1-33-18-34(27-26(33)29-15-16-30-27)20-8-6-7-19(17-20)28(25-13-14-31-32-25)23-11-4-2-9-21(23)22-10-3-5-12-24(22)28/h2-17H,18H2,1H3,(H,31,32)/i1D3. The summed E-state index contributed by atoms with van der Waals surface area (Å²) in [5.74, 6) is 0.881. The summed E-state index contributed by atoms with van der Waals surface area (Å²) in [6.45, 7) is -2.21. The van der Waals surface area contributed by atoms with E-state index in [0.29, 0.717) is 11.6 Å². The zero-order chi connectivity index (χ0) is 25.2. The molecule has 0 unspecified atom stereocenters. The summed E-state index contributed by atoms with van der Waals surface area (Å²) in [5.41, 5.74) is 6.94. The molecule has 0 saturated carbocycles. The molecule has 1 N–H and O–H groups in total. The second-order valence-electron chi connectivity index (χ2n) is 8.56. The van der Waals surface area contributed by atoms with Crippen molar-refractivity contribution in [1.82, 2.24) is 20.2 Å². The van der Waals surface area contributed by atoms with Gasteiger partial charge in [0.05, 0.1) is 17.8 Å². The first-order valence-corrected chi connectivity index (χ1v) is 11.2. The molecule has 5 aromatic rings. The van der Waals surface area contributed by atoms with Crippen LogP contribution in [0.2, 0.25) is 0 Å². The lowest BCUT2D eigenvalue weighted by atomic mass is 9.70. The van der Waals surface area contributed by atoms with Gasteiger partial charge >= 0.3 is 0 Å². The number of anilines is 3. The lowest BCUT2D eigenvalue weighted by molar-refractivity contribution is 0.727. The zero-order valence-electron chi connectivity index (χ0n) is 21.2. The van der Waals surface area contributed by atoms with E-state index in [1.54, 1.807) is 12.4 Å². The molecular formula is C28H22N6. The molecule has 2 aromatic heterocycles. The molecule has 164 valence electrons. The SMILES string of the molecule is [2H]C([2H])([2H])N1CN(c2cccc(C3(c4ccn[nH]4)c4ccccc4-c4ccccc43)c2)c2nccnc21. The smallest absolute Gasteiger partial charge is 0.178 e. The van der Waals surface area contributed by atoms with Crippen LogP contribution in [0.25, 0.3) is 11.1 Å². The van der Waals surface area contributed by atoms with Crippen molar-refractivity contribution in [3.05, 3.63) is 120 Å². The lowest BCUT2D eigenvalue weighted by Gasteiger charge is -2.32. The van der Waals surface area contributed by atoms with Crippen molar-refractivity contribution in [2.24, 2.45) is 0 Å². The van der Waals surface area contributed by atoms with E-state index in [0.717, 1.165) is 16.9 Å². The summed E-state index contributed by atoms with van der Waals surface area (Å²) in [6.07, 6.45) is 4.90. The number of benzene rings is 3. The van der Waals surface area contributed by atoms with Crippen molar-refractivity contribution in [3.8, 4) is 11.1 Å². The first-order valence-electron chi connectivity index (χ1n) is 12.7. The minimum absolute atomic E-state index is 0.129. The molecule has 1 aliphatic carbocycles. The quantitative estimate of drug-likeness (QED) is 0.410. The van der Waals surface area contributed by atoms with Crippen LogP contribution in [0.1, 0.15) is 26.5 Å². The Morgan fingerprint density at radius 2 is 1.56 bits per heavy atom. The normalized spacial score (nSPS) is 16.9. The van der Waals surface area contributed by atoms with Crippen LogP contribution in [-0.4, -0.2) is 33.8 Å². The second kappa shape index (κ2) is 7.02. The molecule has 0 atom stereocenters. The number of hydrogen-bond acceptors (Lipinski definition) is 5. The van der Waals surface area contributed by atoms with Gasteiger partial charge in [-0.05, 0) is 46.0 Å². The predicted molar refractivity (Wildman–Crippen MR) is 133 cm³/mol. The Hall–Kier alpha value is -4.45. The zero-order valence-corrected chi connectivity index (χ0v) is 18.2. The highest BCUT2D eigenvalue weighted by Gasteiger charge is 2.47. The maximum absolute atomic E-state index is 8.03. The van der Waals surface area contributed by atoms with Gasteiger partial charge in [-0.15, -0.1) is 0 Å². The Morgan fingerprint density at radius 3 is 2.26 bits per heavy atom. The summed E-state index contributed by atoms with van der Waals surface area (Å²) < 4.78 is 24.1.